The molecule has 2 N–H and O–H groups in total. The van der Waals surface area contributed by atoms with E-state index in [2.05, 4.69) is 4.98 Å². The lowest BCUT2D eigenvalue weighted by Gasteiger charge is -2.21. The van der Waals surface area contributed by atoms with Crippen LogP contribution in [0.15, 0.2) is 11.1 Å². The number of rotatable bonds is 5. The molecule has 1 unspecified atom stereocenters. The second-order valence-electron chi connectivity index (χ2n) is 6.44. The number of ether oxygens (including phenoxy) is 1. The lowest BCUT2D eigenvalue weighted by Crippen LogP contribution is -2.28. The molecule has 0 spiro atoms. The third-order valence-corrected chi connectivity index (χ3v) is 5.73. The van der Waals surface area contributed by atoms with Gasteiger partial charge in [0.15, 0.2) is 0 Å². The first-order valence-electron chi connectivity index (χ1n) is 8.49. The minimum Gasteiger partial charge on any atom is -0.458 e. The summed E-state index contributed by atoms with van der Waals surface area (Å²) in [5.41, 5.74) is 0.231. The van der Waals surface area contributed by atoms with Crippen molar-refractivity contribution >= 4 is 27.5 Å². The molecule has 1 aliphatic rings. The summed E-state index contributed by atoms with van der Waals surface area (Å²) in [6.45, 7) is 1.23. The van der Waals surface area contributed by atoms with Gasteiger partial charge >= 0.3 is 5.97 Å². The average molecular weight is 366 g/mol. The zero-order chi connectivity index (χ0) is 18.0. The molecule has 1 aliphatic carbocycles. The fourth-order valence-corrected chi connectivity index (χ4v) is 4.18. The molecular weight excluding hydrogens is 344 g/mol. The number of aromatic nitrogens is 2. The van der Waals surface area contributed by atoms with E-state index < -0.39 is 18.7 Å². The lowest BCUT2D eigenvalue weighted by molar-refractivity contribution is 0.0216. The number of esters is 1. The summed E-state index contributed by atoms with van der Waals surface area (Å²) >= 11 is 1.16. The number of carbonyl (C=O) groups excluding carboxylic acids is 1. The van der Waals surface area contributed by atoms with Gasteiger partial charge in [0.25, 0.3) is 5.56 Å². The first-order valence-corrected chi connectivity index (χ1v) is 9.31. The zero-order valence-electron chi connectivity index (χ0n) is 14.1. The summed E-state index contributed by atoms with van der Waals surface area (Å²) in [4.78, 5) is 30.2. The number of thiophene rings is 1. The van der Waals surface area contributed by atoms with Crippen LogP contribution in [0.5, 0.6) is 0 Å². The molecule has 25 heavy (non-hydrogen) atoms. The Balaban J connectivity index is 1.89. The van der Waals surface area contributed by atoms with Crippen LogP contribution in [0.1, 0.15) is 47.3 Å². The van der Waals surface area contributed by atoms with Crippen molar-refractivity contribution < 1.29 is 19.7 Å². The molecule has 0 aromatic carbocycles. The van der Waals surface area contributed by atoms with Gasteiger partial charge in [-0.1, -0.05) is 6.42 Å². The van der Waals surface area contributed by atoms with Crippen molar-refractivity contribution in [1.82, 2.24) is 9.55 Å². The van der Waals surface area contributed by atoms with Crippen LogP contribution in [0.2, 0.25) is 0 Å². The highest BCUT2D eigenvalue weighted by Crippen LogP contribution is 2.29. The fraction of sp³-hybridized carbons (Fsp3) is 0.588. The number of nitrogens with zero attached hydrogens (tertiary/aromatic N) is 2. The van der Waals surface area contributed by atoms with Crippen LogP contribution in [0, 0.1) is 6.92 Å². The smallest absolute Gasteiger partial charge is 0.348 e. The van der Waals surface area contributed by atoms with Crippen molar-refractivity contribution in [3.63, 3.8) is 0 Å². The van der Waals surface area contributed by atoms with E-state index in [-0.39, 0.29) is 18.2 Å². The highest BCUT2D eigenvalue weighted by atomic mass is 32.1. The first-order chi connectivity index (χ1) is 12.0. The SMILES string of the molecule is Cc1c(C(=O)OC2CCCCC2)sc2ncn(CC(O)CO)c(=O)c12. The van der Waals surface area contributed by atoms with E-state index >= 15 is 0 Å². The second kappa shape index (κ2) is 7.63. The van der Waals surface area contributed by atoms with Gasteiger partial charge in [-0.15, -0.1) is 11.3 Å². The molecule has 2 heterocycles. The zero-order valence-corrected chi connectivity index (χ0v) is 14.9. The standard InChI is InChI=1S/C17H22N2O5S/c1-10-13-15(18-9-19(16(13)22)7-11(21)8-20)25-14(10)17(23)24-12-5-3-2-4-6-12/h9,11-12,20-21H,2-8H2,1H3. The van der Waals surface area contributed by atoms with Gasteiger partial charge in [-0.2, -0.15) is 0 Å². The Kier molecular flexibility index (Phi) is 5.51. The van der Waals surface area contributed by atoms with Crippen LogP contribution < -0.4 is 5.56 Å². The molecule has 3 rings (SSSR count). The summed E-state index contributed by atoms with van der Waals surface area (Å²) in [5.74, 6) is -0.395. The van der Waals surface area contributed by atoms with Crippen LogP contribution in [-0.2, 0) is 11.3 Å². The van der Waals surface area contributed by atoms with Gasteiger partial charge in [-0.05, 0) is 38.2 Å². The van der Waals surface area contributed by atoms with Crippen LogP contribution in [-0.4, -0.2) is 44.5 Å². The molecule has 0 bridgehead atoms. The predicted molar refractivity (Wildman–Crippen MR) is 94.0 cm³/mol. The molecule has 0 radical (unpaired) electrons. The molecule has 0 amide bonds. The average Bonchev–Trinajstić information content (AvgIpc) is 2.95. The number of hydrogen-bond donors (Lipinski definition) is 2. The van der Waals surface area contributed by atoms with E-state index in [1.54, 1.807) is 6.92 Å². The highest BCUT2D eigenvalue weighted by molar-refractivity contribution is 7.20. The van der Waals surface area contributed by atoms with Crippen molar-refractivity contribution in [2.24, 2.45) is 0 Å². The van der Waals surface area contributed by atoms with E-state index in [1.807, 2.05) is 0 Å². The van der Waals surface area contributed by atoms with Crippen LogP contribution in [0.3, 0.4) is 0 Å². The van der Waals surface area contributed by atoms with Crippen LogP contribution >= 0.6 is 11.3 Å². The molecule has 136 valence electrons. The summed E-state index contributed by atoms with van der Waals surface area (Å²) < 4.78 is 6.85. The Bertz CT molecular complexity index is 822. The molecule has 0 aliphatic heterocycles. The maximum atomic E-state index is 12.6. The molecule has 0 saturated heterocycles. The van der Waals surface area contributed by atoms with Crippen LogP contribution in [0.4, 0.5) is 0 Å². The minimum atomic E-state index is -1.04. The van der Waals surface area contributed by atoms with E-state index in [1.165, 1.54) is 17.3 Å². The molecule has 8 heteroatoms. The van der Waals surface area contributed by atoms with Gasteiger partial charge in [-0.3, -0.25) is 9.36 Å². The van der Waals surface area contributed by atoms with E-state index in [0.29, 0.717) is 20.7 Å². The van der Waals surface area contributed by atoms with Crippen molar-refractivity contribution in [1.29, 1.82) is 0 Å². The van der Waals surface area contributed by atoms with Gasteiger partial charge in [0.2, 0.25) is 0 Å². The molecule has 1 fully saturated rings. The number of aliphatic hydroxyl groups excluding tert-OH is 2. The Labute approximate surface area is 148 Å². The quantitative estimate of drug-likeness (QED) is 0.780. The first kappa shape index (κ1) is 18.0. The third kappa shape index (κ3) is 3.75. The Morgan fingerprint density at radius 1 is 1.44 bits per heavy atom. The predicted octanol–water partition coefficient (Wildman–Crippen LogP) is 1.61. The summed E-state index contributed by atoms with van der Waals surface area (Å²) in [7, 11) is 0. The van der Waals surface area contributed by atoms with E-state index in [9.17, 15) is 14.7 Å². The second-order valence-corrected chi connectivity index (χ2v) is 7.44. The Morgan fingerprint density at radius 2 is 2.16 bits per heavy atom. The normalized spacial score (nSPS) is 16.9. The molecule has 7 nitrogen and oxygen atoms in total. The van der Waals surface area contributed by atoms with Crippen LogP contribution in [0.25, 0.3) is 10.2 Å². The van der Waals surface area contributed by atoms with Crippen molar-refractivity contribution in [3.8, 4) is 0 Å². The van der Waals surface area contributed by atoms with Crippen molar-refractivity contribution in [2.45, 2.75) is 57.8 Å². The number of aliphatic hydroxyl groups is 2. The molecular formula is C17H22N2O5S. The largest absolute Gasteiger partial charge is 0.458 e. The third-order valence-electron chi connectivity index (χ3n) is 4.55. The number of carbonyl (C=O) groups is 1. The lowest BCUT2D eigenvalue weighted by atomic mass is 9.98. The van der Waals surface area contributed by atoms with E-state index in [0.717, 1.165) is 37.0 Å². The Morgan fingerprint density at radius 3 is 2.84 bits per heavy atom. The topological polar surface area (TPSA) is 102 Å². The number of hydrogen-bond acceptors (Lipinski definition) is 7. The number of aryl methyl sites for hydroxylation is 1. The molecule has 2 aromatic rings. The van der Waals surface area contributed by atoms with Gasteiger partial charge < -0.3 is 14.9 Å². The van der Waals surface area contributed by atoms with Crippen molar-refractivity contribution in [3.05, 3.63) is 27.1 Å². The fourth-order valence-electron chi connectivity index (χ4n) is 3.16. The maximum absolute atomic E-state index is 12.6. The highest BCUT2D eigenvalue weighted by Gasteiger charge is 2.24. The monoisotopic (exact) mass is 366 g/mol. The summed E-state index contributed by atoms with van der Waals surface area (Å²) in [6, 6.07) is 0. The van der Waals surface area contributed by atoms with E-state index in [4.69, 9.17) is 9.84 Å². The number of fused-ring (bicyclic) bond motifs is 1. The summed E-state index contributed by atoms with van der Waals surface area (Å²) in [6.07, 6.45) is 5.35. The summed E-state index contributed by atoms with van der Waals surface area (Å²) in [5, 5.41) is 18.9. The van der Waals surface area contributed by atoms with Gasteiger partial charge in [0.1, 0.15) is 15.8 Å². The van der Waals surface area contributed by atoms with Crippen molar-refractivity contribution in [2.75, 3.05) is 6.61 Å². The molecule has 2 aromatic heterocycles. The maximum Gasteiger partial charge on any atom is 0.348 e. The molecule has 1 atom stereocenters. The Hall–Kier alpha value is -1.77. The molecule has 1 saturated carbocycles. The van der Waals surface area contributed by atoms with Gasteiger partial charge in [-0.25, -0.2) is 9.78 Å². The minimum absolute atomic E-state index is 0.0461. The van der Waals surface area contributed by atoms with Gasteiger partial charge in [0, 0.05) is 0 Å². The van der Waals surface area contributed by atoms with Gasteiger partial charge in [0.05, 0.1) is 31.0 Å².